The first-order valence-electron chi connectivity index (χ1n) is 12.0. The van der Waals surface area contributed by atoms with Gasteiger partial charge in [-0.05, 0) is 53.6 Å². The minimum atomic E-state index is -5.05. The fraction of sp³-hybridized carbons (Fsp3) is 0.214. The largest absolute Gasteiger partial charge is 0.416 e. The molecular weight excluding hydrogens is 613 g/mol. The number of aromatic nitrogens is 1. The lowest BCUT2D eigenvalue weighted by atomic mass is 9.94. The summed E-state index contributed by atoms with van der Waals surface area (Å²) in [6.45, 7) is -0.338. The van der Waals surface area contributed by atoms with Crippen molar-refractivity contribution in [3.05, 3.63) is 97.3 Å². The van der Waals surface area contributed by atoms with Crippen molar-refractivity contribution in [3.8, 4) is 11.1 Å². The third-order valence-electron chi connectivity index (χ3n) is 6.60. The Bertz CT molecular complexity index is 1720. The number of rotatable bonds is 4. The van der Waals surface area contributed by atoms with Crippen molar-refractivity contribution >= 4 is 51.8 Å². The molecule has 214 valence electrons. The second kappa shape index (κ2) is 10.6. The lowest BCUT2D eigenvalue weighted by Gasteiger charge is -2.25. The summed E-state index contributed by atoms with van der Waals surface area (Å²) in [6, 6.07) is 11.0. The minimum Gasteiger partial charge on any atom is -0.337 e. The summed E-state index contributed by atoms with van der Waals surface area (Å²) >= 11 is 14.0. The van der Waals surface area contributed by atoms with E-state index in [4.69, 9.17) is 23.2 Å². The highest BCUT2D eigenvalue weighted by atomic mass is 35.5. The number of nitrogens with zero attached hydrogens (tertiary/aromatic N) is 2. The van der Waals surface area contributed by atoms with Crippen LogP contribution in [0.4, 0.5) is 26.3 Å². The minimum absolute atomic E-state index is 0.0163. The van der Waals surface area contributed by atoms with E-state index in [1.165, 1.54) is 41.6 Å². The summed E-state index contributed by atoms with van der Waals surface area (Å²) in [5.74, 6) is -0.330. The number of aryl methyl sites for hydroxylation is 1. The highest BCUT2D eigenvalue weighted by Gasteiger charge is 2.37. The number of halogens is 8. The van der Waals surface area contributed by atoms with Crippen molar-refractivity contribution in [2.75, 3.05) is 12.8 Å². The summed E-state index contributed by atoms with van der Waals surface area (Å²) in [7, 11) is 1.21. The molecule has 3 aromatic carbocycles. The molecule has 1 aliphatic heterocycles. The van der Waals surface area contributed by atoms with Crippen LogP contribution in [0.2, 0.25) is 10.0 Å². The van der Waals surface area contributed by atoms with E-state index in [0.29, 0.717) is 40.9 Å². The molecule has 5 rings (SSSR count). The molecular formula is C28H18Cl2F6N2O2S. The van der Waals surface area contributed by atoms with Gasteiger partial charge < -0.3 is 9.47 Å². The summed E-state index contributed by atoms with van der Waals surface area (Å²) in [5.41, 5.74) is -3.18. The van der Waals surface area contributed by atoms with Gasteiger partial charge in [-0.3, -0.25) is 9.59 Å². The van der Waals surface area contributed by atoms with Crippen LogP contribution in [0, 0.1) is 0 Å². The molecule has 1 aliphatic rings. The first-order chi connectivity index (χ1) is 19.1. The zero-order valence-corrected chi connectivity index (χ0v) is 23.3. The van der Waals surface area contributed by atoms with Gasteiger partial charge in [0.05, 0.1) is 16.6 Å². The maximum Gasteiger partial charge on any atom is 0.416 e. The van der Waals surface area contributed by atoms with Gasteiger partial charge in [-0.15, -0.1) is 11.8 Å². The number of thioether (sulfide) groups is 1. The Morgan fingerprint density at radius 2 is 1.56 bits per heavy atom. The van der Waals surface area contributed by atoms with Crippen LogP contribution in [0.1, 0.15) is 27.0 Å². The maximum atomic E-state index is 13.9. The molecule has 1 amide bonds. The molecule has 0 saturated carbocycles. The molecule has 0 N–H and O–H groups in total. The average molecular weight is 631 g/mol. The molecule has 13 heteroatoms. The monoisotopic (exact) mass is 630 g/mol. The number of para-hydroxylation sites is 1. The second-order valence-electron chi connectivity index (χ2n) is 9.44. The van der Waals surface area contributed by atoms with Crippen LogP contribution in [-0.2, 0) is 25.4 Å². The van der Waals surface area contributed by atoms with Gasteiger partial charge in [0.2, 0.25) is 0 Å². The molecule has 0 fully saturated rings. The Morgan fingerprint density at radius 1 is 0.951 bits per heavy atom. The van der Waals surface area contributed by atoms with E-state index in [1.807, 2.05) is 6.07 Å². The molecule has 0 unspecified atom stereocenters. The molecule has 41 heavy (non-hydrogen) atoms. The third kappa shape index (κ3) is 5.67. The highest BCUT2D eigenvalue weighted by molar-refractivity contribution is 7.99. The lowest BCUT2D eigenvalue weighted by molar-refractivity contribution is -0.143. The fourth-order valence-electron chi connectivity index (χ4n) is 4.90. The molecule has 4 aromatic rings. The predicted octanol–water partition coefficient (Wildman–Crippen LogP) is 8.39. The molecule has 0 bridgehead atoms. The zero-order chi connectivity index (χ0) is 29.9. The van der Waals surface area contributed by atoms with Crippen LogP contribution in [0.15, 0.2) is 64.3 Å². The van der Waals surface area contributed by atoms with Crippen LogP contribution in [0.3, 0.4) is 0 Å². The normalized spacial score (nSPS) is 13.5. The molecule has 0 radical (unpaired) electrons. The third-order valence-corrected chi connectivity index (χ3v) is 8.06. The number of benzene rings is 3. The lowest BCUT2D eigenvalue weighted by Crippen LogP contribution is -2.36. The van der Waals surface area contributed by atoms with E-state index < -0.39 is 47.1 Å². The zero-order valence-electron chi connectivity index (χ0n) is 21.0. The van der Waals surface area contributed by atoms with Crippen molar-refractivity contribution in [2.24, 2.45) is 0 Å². The van der Waals surface area contributed by atoms with E-state index in [0.717, 1.165) is 9.80 Å². The topological polar surface area (TPSA) is 42.3 Å². The molecule has 4 nitrogen and oxygen atoms in total. The summed E-state index contributed by atoms with van der Waals surface area (Å²) in [5, 5.41) is 1.01. The van der Waals surface area contributed by atoms with Gasteiger partial charge in [0, 0.05) is 51.8 Å². The van der Waals surface area contributed by atoms with E-state index in [2.05, 4.69) is 0 Å². The summed E-state index contributed by atoms with van der Waals surface area (Å²) in [6.07, 6.45) is -10.1. The number of carbonyl (C=O) groups excluding carboxylic acids is 1. The van der Waals surface area contributed by atoms with Crippen molar-refractivity contribution in [2.45, 2.75) is 30.3 Å². The molecule has 0 atom stereocenters. The van der Waals surface area contributed by atoms with Crippen LogP contribution >= 0.6 is 35.0 Å². The van der Waals surface area contributed by atoms with Gasteiger partial charge in [0.15, 0.2) is 0 Å². The van der Waals surface area contributed by atoms with E-state index in [-0.39, 0.29) is 27.2 Å². The number of carbonyl (C=O) groups is 1. The molecule has 0 saturated heterocycles. The van der Waals surface area contributed by atoms with Crippen LogP contribution in [-0.4, -0.2) is 28.2 Å². The van der Waals surface area contributed by atoms with E-state index in [9.17, 15) is 35.9 Å². The highest BCUT2D eigenvalue weighted by Crippen LogP contribution is 2.40. The average Bonchev–Trinajstić information content (AvgIpc) is 2.88. The Labute approximate surface area is 243 Å². The van der Waals surface area contributed by atoms with Crippen molar-refractivity contribution in [1.29, 1.82) is 0 Å². The van der Waals surface area contributed by atoms with E-state index >= 15 is 0 Å². The first kappa shape index (κ1) is 29.3. The van der Waals surface area contributed by atoms with Crippen LogP contribution in [0.25, 0.3) is 22.0 Å². The predicted molar refractivity (Wildman–Crippen MR) is 147 cm³/mol. The van der Waals surface area contributed by atoms with Gasteiger partial charge >= 0.3 is 12.4 Å². The quantitative estimate of drug-likeness (QED) is 0.213. The van der Waals surface area contributed by atoms with Crippen LogP contribution in [0.5, 0.6) is 0 Å². The number of alkyl halides is 6. The Kier molecular flexibility index (Phi) is 7.59. The molecule has 0 aliphatic carbocycles. The molecule has 0 spiro atoms. The summed E-state index contributed by atoms with van der Waals surface area (Å²) in [4.78, 5) is 29.5. The van der Waals surface area contributed by atoms with Crippen LogP contribution < -0.4 is 5.56 Å². The first-order valence-corrected chi connectivity index (χ1v) is 13.7. The van der Waals surface area contributed by atoms with Gasteiger partial charge in [0.25, 0.3) is 11.5 Å². The Hall–Kier alpha value is -3.15. The number of amides is 1. The molecule has 2 heterocycles. The van der Waals surface area contributed by atoms with Crippen molar-refractivity contribution in [3.63, 3.8) is 0 Å². The van der Waals surface area contributed by atoms with Gasteiger partial charge in [-0.1, -0.05) is 35.3 Å². The van der Waals surface area contributed by atoms with Gasteiger partial charge in [-0.2, -0.15) is 26.3 Å². The van der Waals surface area contributed by atoms with Gasteiger partial charge in [0.1, 0.15) is 5.56 Å². The number of pyridine rings is 1. The Morgan fingerprint density at radius 3 is 2.15 bits per heavy atom. The Balaban J connectivity index is 1.69. The number of hydrogen-bond donors (Lipinski definition) is 0. The smallest absolute Gasteiger partial charge is 0.337 e. The fourth-order valence-corrected chi connectivity index (χ4v) is 6.45. The standard InChI is InChI=1S/C28H18Cl2F6N2O2S/c1-37(13-14-7-16(27(31,32)33)11-17(8-14)28(34,35)36)25(39)23-22(15-9-18(29)12-19(30)10-15)20-3-2-4-21-24(20)38(26(23)40)5-6-41-21/h2-4,7-12H,5-6,13H2,1H3. The SMILES string of the molecule is CN(Cc1cc(C(F)(F)F)cc(C(F)(F)F)c1)C(=O)c1c(-c2cc(Cl)cc(Cl)c2)c2cccc3c2n(c1=O)CCS3. The van der Waals surface area contributed by atoms with Gasteiger partial charge in [-0.25, -0.2) is 0 Å². The second-order valence-corrected chi connectivity index (χ2v) is 11.5. The molecule has 1 aromatic heterocycles. The van der Waals surface area contributed by atoms with E-state index in [1.54, 1.807) is 12.1 Å². The van der Waals surface area contributed by atoms with Crippen molar-refractivity contribution < 1.29 is 31.1 Å². The maximum absolute atomic E-state index is 13.9. The van der Waals surface area contributed by atoms with Crippen molar-refractivity contribution in [1.82, 2.24) is 9.47 Å². The summed E-state index contributed by atoms with van der Waals surface area (Å²) < 4.78 is 81.9. The number of hydrogen-bond acceptors (Lipinski definition) is 3.